The van der Waals surface area contributed by atoms with Crippen LogP contribution in [-0.4, -0.2) is 29.5 Å². The minimum absolute atomic E-state index is 0.0620. The summed E-state index contributed by atoms with van der Waals surface area (Å²) in [6, 6.07) is -0.108. The maximum Gasteiger partial charge on any atom is 0.416 e. The summed E-state index contributed by atoms with van der Waals surface area (Å²) >= 11 is 0. The second-order valence-corrected chi connectivity index (χ2v) is 5.62. The zero-order valence-electron chi connectivity index (χ0n) is 11.3. The van der Waals surface area contributed by atoms with Gasteiger partial charge >= 0.3 is 6.09 Å². The van der Waals surface area contributed by atoms with Crippen molar-refractivity contribution in [3.8, 4) is 0 Å². The van der Waals surface area contributed by atoms with E-state index < -0.39 is 6.09 Å². The SMILES string of the molecule is CC(C)[C@H]1COC(=O)N1C(=O)[C@H]1CC=CC[C@@H]1C. The van der Waals surface area contributed by atoms with Crippen molar-refractivity contribution in [2.75, 3.05) is 6.61 Å². The highest BCUT2D eigenvalue weighted by Gasteiger charge is 2.43. The van der Waals surface area contributed by atoms with Crippen LogP contribution >= 0.6 is 0 Å². The largest absolute Gasteiger partial charge is 0.447 e. The molecule has 1 aliphatic heterocycles. The zero-order valence-corrected chi connectivity index (χ0v) is 11.3. The molecular weight excluding hydrogens is 230 g/mol. The van der Waals surface area contributed by atoms with Gasteiger partial charge in [0.25, 0.3) is 0 Å². The molecule has 1 aliphatic carbocycles. The maximum absolute atomic E-state index is 12.5. The predicted molar refractivity (Wildman–Crippen MR) is 67.8 cm³/mol. The summed E-state index contributed by atoms with van der Waals surface area (Å²) in [5.41, 5.74) is 0. The van der Waals surface area contributed by atoms with Gasteiger partial charge in [0.15, 0.2) is 0 Å². The Morgan fingerprint density at radius 2 is 2.06 bits per heavy atom. The van der Waals surface area contributed by atoms with Crippen LogP contribution < -0.4 is 0 Å². The van der Waals surface area contributed by atoms with Crippen molar-refractivity contribution in [2.24, 2.45) is 17.8 Å². The van der Waals surface area contributed by atoms with E-state index >= 15 is 0 Å². The van der Waals surface area contributed by atoms with Crippen molar-refractivity contribution in [3.63, 3.8) is 0 Å². The van der Waals surface area contributed by atoms with Crippen LogP contribution in [0.4, 0.5) is 4.79 Å². The van der Waals surface area contributed by atoms with Gasteiger partial charge in [-0.15, -0.1) is 0 Å². The van der Waals surface area contributed by atoms with Crippen LogP contribution in [0.3, 0.4) is 0 Å². The van der Waals surface area contributed by atoms with Crippen LogP contribution in [0.15, 0.2) is 12.2 Å². The Labute approximate surface area is 108 Å². The number of hydrogen-bond acceptors (Lipinski definition) is 3. The molecule has 4 nitrogen and oxygen atoms in total. The normalized spacial score (nSPS) is 31.9. The standard InChI is InChI=1S/C14H21NO3/c1-9(2)12-8-18-14(17)15(12)13(16)11-7-5-4-6-10(11)3/h4-5,9-12H,6-8H2,1-3H3/t10-,11-,12+/m0/s1. The van der Waals surface area contributed by atoms with Gasteiger partial charge in [-0.05, 0) is 24.7 Å². The average molecular weight is 251 g/mol. The van der Waals surface area contributed by atoms with E-state index in [1.807, 2.05) is 19.9 Å². The topological polar surface area (TPSA) is 46.6 Å². The third-order valence-corrected chi connectivity index (χ3v) is 3.98. The van der Waals surface area contributed by atoms with Gasteiger partial charge in [-0.1, -0.05) is 32.9 Å². The third-order valence-electron chi connectivity index (χ3n) is 3.98. The molecule has 0 aromatic rings. The number of hydrogen-bond donors (Lipinski definition) is 0. The number of carbonyl (C=O) groups is 2. The molecule has 2 rings (SSSR count). The van der Waals surface area contributed by atoms with E-state index in [1.165, 1.54) is 4.90 Å². The minimum Gasteiger partial charge on any atom is -0.447 e. The molecule has 0 N–H and O–H groups in total. The molecule has 4 heteroatoms. The van der Waals surface area contributed by atoms with Gasteiger partial charge < -0.3 is 4.74 Å². The number of cyclic esters (lactones) is 1. The summed E-state index contributed by atoms with van der Waals surface area (Å²) in [5.74, 6) is 0.383. The van der Waals surface area contributed by atoms with Crippen molar-refractivity contribution in [2.45, 2.75) is 39.7 Å². The summed E-state index contributed by atoms with van der Waals surface area (Å²) in [7, 11) is 0. The maximum atomic E-state index is 12.5. The summed E-state index contributed by atoms with van der Waals surface area (Å²) in [6.45, 7) is 6.42. The minimum atomic E-state index is -0.472. The summed E-state index contributed by atoms with van der Waals surface area (Å²) < 4.78 is 5.03. The molecule has 2 amide bonds. The van der Waals surface area contributed by atoms with Gasteiger partial charge in [0, 0.05) is 5.92 Å². The van der Waals surface area contributed by atoms with Crippen LogP contribution in [0.25, 0.3) is 0 Å². The lowest BCUT2D eigenvalue weighted by Gasteiger charge is -2.30. The first-order valence-electron chi connectivity index (χ1n) is 6.67. The molecular formula is C14H21NO3. The number of ether oxygens (including phenoxy) is 1. The molecule has 2 aliphatic rings. The second-order valence-electron chi connectivity index (χ2n) is 5.62. The van der Waals surface area contributed by atoms with Gasteiger partial charge in [-0.3, -0.25) is 4.79 Å². The van der Waals surface area contributed by atoms with Gasteiger partial charge in [0.1, 0.15) is 6.61 Å². The van der Waals surface area contributed by atoms with Crippen LogP contribution in [0.5, 0.6) is 0 Å². The van der Waals surface area contributed by atoms with E-state index in [2.05, 4.69) is 13.0 Å². The van der Waals surface area contributed by atoms with Gasteiger partial charge in [0.2, 0.25) is 5.91 Å². The van der Waals surface area contributed by atoms with E-state index in [4.69, 9.17) is 4.74 Å². The Morgan fingerprint density at radius 3 is 2.67 bits per heavy atom. The highest BCUT2D eigenvalue weighted by Crippen LogP contribution is 2.30. The Balaban J connectivity index is 2.16. The first-order chi connectivity index (χ1) is 8.52. The van der Waals surface area contributed by atoms with Gasteiger partial charge in [0.05, 0.1) is 6.04 Å². The lowest BCUT2D eigenvalue weighted by Crippen LogP contribution is -2.46. The molecule has 1 saturated heterocycles. The van der Waals surface area contributed by atoms with E-state index in [0.29, 0.717) is 12.5 Å². The fourth-order valence-electron chi connectivity index (χ4n) is 2.65. The van der Waals surface area contributed by atoms with Gasteiger partial charge in [-0.2, -0.15) is 0 Å². The lowest BCUT2D eigenvalue weighted by atomic mass is 9.83. The second kappa shape index (κ2) is 5.12. The van der Waals surface area contributed by atoms with E-state index in [-0.39, 0.29) is 23.8 Å². The molecule has 18 heavy (non-hydrogen) atoms. The van der Waals surface area contributed by atoms with Crippen LogP contribution in [-0.2, 0) is 9.53 Å². The Kier molecular flexibility index (Phi) is 3.73. The number of carbonyl (C=O) groups excluding carboxylic acids is 2. The monoisotopic (exact) mass is 251 g/mol. The molecule has 0 spiro atoms. The highest BCUT2D eigenvalue weighted by molar-refractivity contribution is 5.95. The average Bonchev–Trinajstić information content (AvgIpc) is 2.71. The number of imide groups is 1. The highest BCUT2D eigenvalue weighted by atomic mass is 16.6. The zero-order chi connectivity index (χ0) is 13.3. The molecule has 0 aromatic carbocycles. The fourth-order valence-corrected chi connectivity index (χ4v) is 2.65. The lowest BCUT2D eigenvalue weighted by molar-refractivity contribution is -0.135. The molecule has 3 atom stereocenters. The Hall–Kier alpha value is -1.32. The van der Waals surface area contributed by atoms with Crippen LogP contribution in [0, 0.1) is 17.8 Å². The predicted octanol–water partition coefficient (Wildman–Crippen LogP) is 2.59. The fraction of sp³-hybridized carbons (Fsp3) is 0.714. The molecule has 100 valence electrons. The third kappa shape index (κ3) is 2.28. The van der Waals surface area contributed by atoms with Crippen LogP contribution in [0.1, 0.15) is 33.6 Å². The summed E-state index contributed by atoms with van der Waals surface area (Å²) in [4.78, 5) is 25.6. The molecule has 0 unspecified atom stereocenters. The molecule has 0 aromatic heterocycles. The Morgan fingerprint density at radius 1 is 1.39 bits per heavy atom. The quantitative estimate of drug-likeness (QED) is 0.709. The smallest absolute Gasteiger partial charge is 0.416 e. The van der Waals surface area contributed by atoms with Crippen molar-refractivity contribution >= 4 is 12.0 Å². The van der Waals surface area contributed by atoms with Gasteiger partial charge in [-0.25, -0.2) is 9.69 Å². The van der Waals surface area contributed by atoms with Crippen LogP contribution in [0.2, 0.25) is 0 Å². The van der Waals surface area contributed by atoms with E-state index in [1.54, 1.807) is 0 Å². The van der Waals surface area contributed by atoms with Crippen molar-refractivity contribution in [1.29, 1.82) is 0 Å². The molecule has 1 heterocycles. The van der Waals surface area contributed by atoms with Crippen molar-refractivity contribution in [1.82, 2.24) is 4.90 Å². The molecule has 0 bridgehead atoms. The molecule has 0 radical (unpaired) electrons. The number of allylic oxidation sites excluding steroid dienone is 2. The number of rotatable bonds is 2. The van der Waals surface area contributed by atoms with Crippen molar-refractivity contribution in [3.05, 3.63) is 12.2 Å². The first kappa shape index (κ1) is 13.1. The van der Waals surface area contributed by atoms with Crippen molar-refractivity contribution < 1.29 is 14.3 Å². The number of nitrogens with zero attached hydrogens (tertiary/aromatic N) is 1. The Bertz CT molecular complexity index is 375. The summed E-state index contributed by atoms with van der Waals surface area (Å²) in [6.07, 6.45) is 5.31. The number of amides is 2. The molecule has 0 saturated carbocycles. The van der Waals surface area contributed by atoms with E-state index in [0.717, 1.165) is 12.8 Å². The first-order valence-corrected chi connectivity index (χ1v) is 6.67. The van der Waals surface area contributed by atoms with E-state index in [9.17, 15) is 9.59 Å². The summed E-state index contributed by atoms with van der Waals surface area (Å²) in [5, 5.41) is 0. The molecule has 1 fully saturated rings.